The first-order valence-electron chi connectivity index (χ1n) is 7.72. The Labute approximate surface area is 155 Å². The lowest BCUT2D eigenvalue weighted by Gasteiger charge is -2.19. The third-order valence-electron chi connectivity index (χ3n) is 2.98. The largest absolute Gasteiger partial charge is 0.444 e. The number of anilines is 1. The van der Waals surface area contributed by atoms with Crippen molar-refractivity contribution in [1.29, 1.82) is 0 Å². The minimum atomic E-state index is -0.587. The molecule has 1 heterocycles. The number of hydrogen-bond donors (Lipinski definition) is 2. The highest BCUT2D eigenvalue weighted by atomic mass is 79.9. The van der Waals surface area contributed by atoms with Crippen LogP contribution in [0.5, 0.6) is 0 Å². The normalized spacial score (nSPS) is 10.9. The Bertz CT molecular complexity index is 772. The first-order chi connectivity index (χ1) is 11.7. The Morgan fingerprint density at radius 2 is 1.96 bits per heavy atom. The van der Waals surface area contributed by atoms with Gasteiger partial charge in [-0.25, -0.2) is 4.79 Å². The van der Waals surface area contributed by atoms with Crippen LogP contribution in [0.1, 0.15) is 36.8 Å². The molecule has 2 aromatic rings. The monoisotopic (exact) mass is 405 g/mol. The molecule has 0 spiro atoms. The summed E-state index contributed by atoms with van der Waals surface area (Å²) in [5.74, 6) is -0.255. The van der Waals surface area contributed by atoms with Crippen LogP contribution in [-0.4, -0.2) is 22.6 Å². The van der Waals surface area contributed by atoms with E-state index in [9.17, 15) is 9.59 Å². The van der Waals surface area contributed by atoms with Crippen molar-refractivity contribution in [3.05, 3.63) is 58.3 Å². The highest BCUT2D eigenvalue weighted by Crippen LogP contribution is 2.14. The van der Waals surface area contributed by atoms with Crippen LogP contribution in [0.3, 0.4) is 0 Å². The molecule has 0 radical (unpaired) electrons. The summed E-state index contributed by atoms with van der Waals surface area (Å²) in [6, 6.07) is 10.3. The lowest BCUT2D eigenvalue weighted by atomic mass is 10.2. The van der Waals surface area contributed by atoms with Gasteiger partial charge in [-0.3, -0.25) is 15.1 Å². The van der Waals surface area contributed by atoms with Crippen LogP contribution in [0.4, 0.5) is 10.5 Å². The van der Waals surface area contributed by atoms with E-state index >= 15 is 0 Å². The molecule has 1 aromatic heterocycles. The molecule has 0 fully saturated rings. The van der Waals surface area contributed by atoms with Gasteiger partial charge in [-0.05, 0) is 51.1 Å². The smallest absolute Gasteiger partial charge is 0.412 e. The van der Waals surface area contributed by atoms with E-state index in [1.165, 1.54) is 0 Å². The fourth-order valence-corrected chi connectivity index (χ4v) is 2.36. The van der Waals surface area contributed by atoms with E-state index in [1.54, 1.807) is 51.2 Å². The second kappa shape index (κ2) is 8.11. The van der Waals surface area contributed by atoms with E-state index in [2.05, 4.69) is 31.5 Å². The molecule has 0 atom stereocenters. The molecule has 2 amide bonds. The average Bonchev–Trinajstić information content (AvgIpc) is 2.51. The summed E-state index contributed by atoms with van der Waals surface area (Å²) in [7, 11) is 0. The molecule has 25 heavy (non-hydrogen) atoms. The van der Waals surface area contributed by atoms with Crippen molar-refractivity contribution < 1.29 is 14.3 Å². The number of pyridine rings is 1. The maximum absolute atomic E-state index is 12.3. The summed E-state index contributed by atoms with van der Waals surface area (Å²) in [6.07, 6.45) is 1.10. The molecular formula is C18H20BrN3O3. The Hall–Kier alpha value is -2.41. The van der Waals surface area contributed by atoms with E-state index in [1.807, 2.05) is 12.1 Å². The third-order valence-corrected chi connectivity index (χ3v) is 3.47. The van der Waals surface area contributed by atoms with Gasteiger partial charge in [0.15, 0.2) is 0 Å². The molecule has 2 N–H and O–H groups in total. The minimum absolute atomic E-state index is 0.255. The van der Waals surface area contributed by atoms with Gasteiger partial charge < -0.3 is 10.1 Å². The molecule has 132 valence electrons. The second-order valence-electron chi connectivity index (χ2n) is 6.36. The molecule has 7 heteroatoms. The maximum atomic E-state index is 12.3. The number of benzene rings is 1. The molecule has 0 aliphatic rings. The molecule has 6 nitrogen and oxygen atoms in total. The van der Waals surface area contributed by atoms with Gasteiger partial charge in [0.25, 0.3) is 5.91 Å². The van der Waals surface area contributed by atoms with Crippen molar-refractivity contribution in [3.63, 3.8) is 0 Å². The maximum Gasteiger partial charge on any atom is 0.412 e. The van der Waals surface area contributed by atoms with Gasteiger partial charge in [0.1, 0.15) is 5.60 Å². The van der Waals surface area contributed by atoms with Gasteiger partial charge in [-0.1, -0.05) is 22.0 Å². The van der Waals surface area contributed by atoms with E-state index in [4.69, 9.17) is 4.74 Å². The highest BCUT2D eigenvalue weighted by molar-refractivity contribution is 9.10. The van der Waals surface area contributed by atoms with E-state index in [0.29, 0.717) is 17.8 Å². The lowest BCUT2D eigenvalue weighted by molar-refractivity contribution is 0.0635. The summed E-state index contributed by atoms with van der Waals surface area (Å²) in [5, 5.41) is 5.41. The van der Waals surface area contributed by atoms with Gasteiger partial charge in [0, 0.05) is 21.9 Å². The van der Waals surface area contributed by atoms with Crippen molar-refractivity contribution in [2.24, 2.45) is 0 Å². The molecule has 0 aliphatic heterocycles. The van der Waals surface area contributed by atoms with Crippen LogP contribution >= 0.6 is 15.9 Å². The highest BCUT2D eigenvalue weighted by Gasteiger charge is 2.16. The topological polar surface area (TPSA) is 80.3 Å². The van der Waals surface area contributed by atoms with Crippen molar-refractivity contribution in [3.8, 4) is 0 Å². The Kier molecular flexibility index (Phi) is 6.14. The zero-order chi connectivity index (χ0) is 18.4. The number of nitrogens with zero attached hydrogens (tertiary/aromatic N) is 1. The van der Waals surface area contributed by atoms with Crippen LogP contribution in [-0.2, 0) is 11.3 Å². The molecule has 0 unspecified atom stereocenters. The minimum Gasteiger partial charge on any atom is -0.444 e. The number of hydrogen-bond acceptors (Lipinski definition) is 4. The molecule has 0 bridgehead atoms. The second-order valence-corrected chi connectivity index (χ2v) is 7.27. The van der Waals surface area contributed by atoms with Gasteiger partial charge in [0.05, 0.1) is 12.2 Å². The Balaban J connectivity index is 1.97. The van der Waals surface area contributed by atoms with Crippen LogP contribution in [0.25, 0.3) is 0 Å². The average molecular weight is 406 g/mol. The fraction of sp³-hybridized carbons (Fsp3) is 0.278. The molecule has 0 aliphatic carbocycles. The predicted molar refractivity (Wildman–Crippen MR) is 99.4 cm³/mol. The Morgan fingerprint density at radius 1 is 1.20 bits per heavy atom. The summed E-state index contributed by atoms with van der Waals surface area (Å²) < 4.78 is 6.09. The first kappa shape index (κ1) is 18.9. The number of carbonyl (C=O) groups excluding carboxylic acids is 2. The van der Waals surface area contributed by atoms with Gasteiger partial charge in [-0.2, -0.15) is 0 Å². The predicted octanol–water partition coefficient (Wildman–Crippen LogP) is 4.12. The first-order valence-corrected chi connectivity index (χ1v) is 8.51. The van der Waals surface area contributed by atoms with Crippen LogP contribution < -0.4 is 10.6 Å². The van der Waals surface area contributed by atoms with Crippen LogP contribution in [0.2, 0.25) is 0 Å². The van der Waals surface area contributed by atoms with E-state index in [0.717, 1.165) is 10.2 Å². The number of ether oxygens (including phenoxy) is 1. The van der Waals surface area contributed by atoms with Crippen molar-refractivity contribution in [1.82, 2.24) is 10.3 Å². The molecule has 1 aromatic carbocycles. The number of nitrogens with one attached hydrogen (secondary N) is 2. The summed E-state index contributed by atoms with van der Waals surface area (Å²) in [4.78, 5) is 28.3. The van der Waals surface area contributed by atoms with E-state index < -0.39 is 11.7 Å². The number of halogens is 1. The standard InChI is InChI=1S/C18H20BrN3O3/c1-18(2,3)25-17(24)22-14-6-4-5-12(9-14)16(23)21-11-15-10-13(19)7-8-20-15/h4-10H,11H2,1-3H3,(H,21,23)(H,22,24). The molecule has 2 rings (SSSR count). The van der Waals surface area contributed by atoms with Crippen molar-refractivity contribution in [2.45, 2.75) is 32.9 Å². The van der Waals surface area contributed by atoms with Gasteiger partial charge >= 0.3 is 6.09 Å². The fourth-order valence-electron chi connectivity index (χ4n) is 1.98. The SMILES string of the molecule is CC(C)(C)OC(=O)Nc1cccc(C(=O)NCc2cc(Br)ccn2)c1. The summed E-state index contributed by atoms with van der Waals surface area (Å²) in [5.41, 5.74) is 1.08. The van der Waals surface area contributed by atoms with Crippen molar-refractivity contribution in [2.75, 3.05) is 5.32 Å². The molecule has 0 saturated heterocycles. The van der Waals surface area contributed by atoms with Gasteiger partial charge in [-0.15, -0.1) is 0 Å². The third kappa shape index (κ3) is 6.54. The van der Waals surface area contributed by atoms with Crippen molar-refractivity contribution >= 4 is 33.6 Å². The van der Waals surface area contributed by atoms with Gasteiger partial charge in [0.2, 0.25) is 0 Å². The zero-order valence-corrected chi connectivity index (χ0v) is 15.9. The number of rotatable bonds is 4. The zero-order valence-electron chi connectivity index (χ0n) is 14.3. The summed E-state index contributed by atoms with van der Waals surface area (Å²) in [6.45, 7) is 5.66. The number of carbonyl (C=O) groups is 2. The Morgan fingerprint density at radius 3 is 2.64 bits per heavy atom. The quantitative estimate of drug-likeness (QED) is 0.801. The number of amides is 2. The lowest BCUT2D eigenvalue weighted by Crippen LogP contribution is -2.27. The van der Waals surface area contributed by atoms with Crippen LogP contribution in [0.15, 0.2) is 47.1 Å². The molecular weight excluding hydrogens is 386 g/mol. The van der Waals surface area contributed by atoms with Crippen LogP contribution in [0, 0.1) is 0 Å². The molecule has 0 saturated carbocycles. The summed E-state index contributed by atoms with van der Waals surface area (Å²) >= 11 is 3.36. The van der Waals surface area contributed by atoms with E-state index in [-0.39, 0.29) is 5.91 Å². The number of aromatic nitrogens is 1.